The molecule has 2 aliphatic rings. The summed E-state index contributed by atoms with van der Waals surface area (Å²) in [6.45, 7) is 5.66. The number of hydrogen-bond donors (Lipinski definition) is 1. The van der Waals surface area contributed by atoms with E-state index in [0.717, 1.165) is 18.5 Å². The van der Waals surface area contributed by atoms with Gasteiger partial charge in [-0.1, -0.05) is 24.8 Å². The molecule has 0 aromatic carbocycles. The van der Waals surface area contributed by atoms with Crippen LogP contribution in [0.2, 0.25) is 0 Å². The van der Waals surface area contributed by atoms with Crippen molar-refractivity contribution in [2.45, 2.75) is 45.4 Å². The number of hydrogen-bond acceptors (Lipinski definition) is 6. The number of ether oxygens (including phenoxy) is 1. The molecule has 2 aromatic rings. The molecule has 1 saturated carbocycles. The van der Waals surface area contributed by atoms with Crippen LogP contribution in [0.4, 0.5) is 0 Å². The van der Waals surface area contributed by atoms with Gasteiger partial charge in [-0.3, -0.25) is 14.7 Å². The lowest BCUT2D eigenvalue weighted by Gasteiger charge is -2.37. The molecule has 0 bridgehead atoms. The lowest BCUT2D eigenvalue weighted by molar-refractivity contribution is 0.0324. The Morgan fingerprint density at radius 3 is 2.85 bits per heavy atom. The van der Waals surface area contributed by atoms with E-state index in [0.29, 0.717) is 42.6 Å². The number of pyridine rings is 2. The van der Waals surface area contributed by atoms with Crippen LogP contribution in [-0.2, 0) is 6.54 Å². The molecule has 0 radical (unpaired) electrons. The summed E-state index contributed by atoms with van der Waals surface area (Å²) in [5, 5.41) is 9.81. The topological polar surface area (TPSA) is 78.8 Å². The number of carbonyl (C=O) groups is 1. The molecule has 3 atom stereocenters. The summed E-state index contributed by atoms with van der Waals surface area (Å²) in [6, 6.07) is 7.36. The van der Waals surface area contributed by atoms with Crippen molar-refractivity contribution in [3.05, 3.63) is 53.5 Å². The van der Waals surface area contributed by atoms with Gasteiger partial charge in [0.1, 0.15) is 11.7 Å². The highest BCUT2D eigenvalue weighted by atomic mass is 16.5. The van der Waals surface area contributed by atoms with Crippen LogP contribution in [0.1, 0.15) is 48.3 Å². The molecule has 33 heavy (non-hydrogen) atoms. The molecule has 3 heterocycles. The molecular weight excluding hydrogens is 416 g/mol. The maximum absolute atomic E-state index is 13.4. The third kappa shape index (κ3) is 5.89. The Morgan fingerprint density at radius 1 is 1.33 bits per heavy atom. The van der Waals surface area contributed by atoms with Gasteiger partial charge in [0.2, 0.25) is 5.88 Å². The molecule has 0 unspecified atom stereocenters. The summed E-state index contributed by atoms with van der Waals surface area (Å²) in [4.78, 5) is 26.3. The van der Waals surface area contributed by atoms with Crippen LogP contribution in [0, 0.1) is 23.7 Å². The first-order chi connectivity index (χ1) is 15.9. The Morgan fingerprint density at radius 2 is 2.15 bits per heavy atom. The van der Waals surface area contributed by atoms with Crippen molar-refractivity contribution < 1.29 is 14.6 Å². The third-order valence-corrected chi connectivity index (χ3v) is 6.17. The van der Waals surface area contributed by atoms with Crippen molar-refractivity contribution in [2.24, 2.45) is 11.8 Å². The molecule has 7 heteroatoms. The summed E-state index contributed by atoms with van der Waals surface area (Å²) >= 11 is 0. The SMILES string of the molecule is C[C@@H]1CN([C@@H](C)CO)C(=O)c2cc(C#CC3CC3)cnc2O[C@@H]1CN(C)Cc1ccccn1. The molecule has 1 N–H and O–H groups in total. The quantitative estimate of drug-likeness (QED) is 0.685. The highest BCUT2D eigenvalue weighted by Crippen LogP contribution is 2.29. The molecule has 1 aliphatic heterocycles. The van der Waals surface area contributed by atoms with Gasteiger partial charge in [0.25, 0.3) is 5.91 Å². The largest absolute Gasteiger partial charge is 0.472 e. The molecule has 4 rings (SSSR count). The van der Waals surface area contributed by atoms with Gasteiger partial charge in [0.15, 0.2) is 0 Å². The predicted molar refractivity (Wildman–Crippen MR) is 126 cm³/mol. The molecule has 0 spiro atoms. The smallest absolute Gasteiger partial charge is 0.259 e. The number of likely N-dealkylation sites (N-methyl/N-ethyl adjacent to an activating group) is 1. The molecule has 7 nitrogen and oxygen atoms in total. The van der Waals surface area contributed by atoms with E-state index in [-0.39, 0.29) is 30.6 Å². The number of aliphatic hydroxyl groups is 1. The zero-order valence-corrected chi connectivity index (χ0v) is 19.6. The van der Waals surface area contributed by atoms with Gasteiger partial charge < -0.3 is 14.7 Å². The maximum atomic E-state index is 13.4. The van der Waals surface area contributed by atoms with E-state index in [1.54, 1.807) is 23.4 Å². The van der Waals surface area contributed by atoms with E-state index in [2.05, 4.69) is 33.6 Å². The molecule has 1 fully saturated rings. The lowest BCUT2D eigenvalue weighted by Crippen LogP contribution is -2.49. The van der Waals surface area contributed by atoms with Gasteiger partial charge in [0.05, 0.1) is 18.3 Å². The fourth-order valence-electron chi connectivity index (χ4n) is 3.94. The Kier molecular flexibility index (Phi) is 7.26. The molecule has 1 aliphatic carbocycles. The molecule has 1 amide bonds. The summed E-state index contributed by atoms with van der Waals surface area (Å²) < 4.78 is 6.35. The molecule has 0 saturated heterocycles. The fraction of sp³-hybridized carbons (Fsp3) is 0.500. The van der Waals surface area contributed by atoms with Gasteiger partial charge in [-0.2, -0.15) is 0 Å². The Bertz CT molecular complexity index is 1030. The second-order valence-corrected chi connectivity index (χ2v) is 9.26. The monoisotopic (exact) mass is 448 g/mol. The van der Waals surface area contributed by atoms with Crippen LogP contribution >= 0.6 is 0 Å². The zero-order chi connectivity index (χ0) is 23.4. The number of amides is 1. The standard InChI is InChI=1S/C26H32N4O3/c1-18-14-30(19(2)17-31)26(32)23-12-21(10-9-20-7-8-20)13-28-25(23)33-24(18)16-29(3)15-22-6-4-5-11-27-22/h4-6,11-13,18-20,24,31H,7-8,14-17H2,1-3H3/t18-,19+,24-/m1/s1. The van der Waals surface area contributed by atoms with Crippen LogP contribution in [0.5, 0.6) is 5.88 Å². The number of fused-ring (bicyclic) bond motifs is 1. The molecular formula is C26H32N4O3. The minimum absolute atomic E-state index is 0.0402. The van der Waals surface area contributed by atoms with Gasteiger partial charge in [-0.05, 0) is 45.0 Å². The fourth-order valence-corrected chi connectivity index (χ4v) is 3.94. The van der Waals surface area contributed by atoms with E-state index < -0.39 is 0 Å². The van der Waals surface area contributed by atoms with Gasteiger partial charge >= 0.3 is 0 Å². The van der Waals surface area contributed by atoms with E-state index in [1.807, 2.05) is 32.2 Å². The summed E-state index contributed by atoms with van der Waals surface area (Å²) in [7, 11) is 2.04. The first-order valence-corrected chi connectivity index (χ1v) is 11.6. The maximum Gasteiger partial charge on any atom is 0.259 e. The second kappa shape index (κ2) is 10.3. The highest BCUT2D eigenvalue weighted by molar-refractivity contribution is 5.97. The number of rotatable bonds is 6. The minimum Gasteiger partial charge on any atom is -0.472 e. The van der Waals surface area contributed by atoms with Crippen LogP contribution in [0.25, 0.3) is 0 Å². The van der Waals surface area contributed by atoms with Crippen molar-refractivity contribution in [1.82, 2.24) is 19.8 Å². The second-order valence-electron chi connectivity index (χ2n) is 9.26. The van der Waals surface area contributed by atoms with Crippen LogP contribution in [0.3, 0.4) is 0 Å². The Labute approximate surface area is 195 Å². The first-order valence-electron chi connectivity index (χ1n) is 11.6. The number of carbonyl (C=O) groups excluding carboxylic acids is 1. The van der Waals surface area contributed by atoms with Gasteiger partial charge in [0, 0.05) is 49.4 Å². The van der Waals surface area contributed by atoms with Crippen molar-refractivity contribution >= 4 is 5.91 Å². The minimum atomic E-state index is -0.306. The molecule has 174 valence electrons. The highest BCUT2D eigenvalue weighted by Gasteiger charge is 2.34. The Hall–Kier alpha value is -2.95. The van der Waals surface area contributed by atoms with Crippen LogP contribution in [0.15, 0.2) is 36.7 Å². The zero-order valence-electron chi connectivity index (χ0n) is 19.6. The Balaban J connectivity index is 1.60. The van der Waals surface area contributed by atoms with Crippen LogP contribution < -0.4 is 4.74 Å². The van der Waals surface area contributed by atoms with Crippen molar-refractivity contribution in [2.75, 3.05) is 26.7 Å². The van der Waals surface area contributed by atoms with Gasteiger partial charge in [-0.25, -0.2) is 4.98 Å². The van der Waals surface area contributed by atoms with Gasteiger partial charge in [-0.15, -0.1) is 0 Å². The predicted octanol–water partition coefficient (Wildman–Crippen LogP) is 2.59. The van der Waals surface area contributed by atoms with Crippen LogP contribution in [-0.4, -0.2) is 69.7 Å². The number of aliphatic hydroxyl groups excluding tert-OH is 1. The van der Waals surface area contributed by atoms with Crippen molar-refractivity contribution in [1.29, 1.82) is 0 Å². The molecule has 2 aromatic heterocycles. The number of nitrogens with zero attached hydrogens (tertiary/aromatic N) is 4. The summed E-state index contributed by atoms with van der Waals surface area (Å²) in [6.07, 6.45) is 5.57. The van der Waals surface area contributed by atoms with Crippen molar-refractivity contribution in [3.8, 4) is 17.7 Å². The average molecular weight is 449 g/mol. The number of aromatic nitrogens is 2. The normalized spacial score (nSPS) is 21.4. The lowest BCUT2D eigenvalue weighted by atomic mass is 10.00. The third-order valence-electron chi connectivity index (χ3n) is 6.17. The van der Waals surface area contributed by atoms with Crippen molar-refractivity contribution in [3.63, 3.8) is 0 Å². The van der Waals surface area contributed by atoms with E-state index >= 15 is 0 Å². The van der Waals surface area contributed by atoms with E-state index in [1.165, 1.54) is 0 Å². The van der Waals surface area contributed by atoms with E-state index in [4.69, 9.17) is 4.74 Å². The first kappa shape index (κ1) is 23.2. The summed E-state index contributed by atoms with van der Waals surface area (Å²) in [5.41, 5.74) is 2.11. The van der Waals surface area contributed by atoms with E-state index in [9.17, 15) is 9.90 Å². The summed E-state index contributed by atoms with van der Waals surface area (Å²) in [5.74, 6) is 7.02. The average Bonchev–Trinajstić information content (AvgIpc) is 3.65.